The summed E-state index contributed by atoms with van der Waals surface area (Å²) in [7, 11) is -0.325. The van der Waals surface area contributed by atoms with E-state index in [2.05, 4.69) is 10.1 Å². The summed E-state index contributed by atoms with van der Waals surface area (Å²) in [6.07, 6.45) is 1.68. The van der Waals surface area contributed by atoms with Gasteiger partial charge in [-0.2, -0.15) is 4.98 Å². The number of anilines is 1. The van der Waals surface area contributed by atoms with Crippen LogP contribution in [0.15, 0.2) is 40.9 Å². The van der Waals surface area contributed by atoms with Crippen LogP contribution in [0.2, 0.25) is 0 Å². The molecule has 3 aromatic rings. The lowest BCUT2D eigenvalue weighted by Crippen LogP contribution is -2.34. The van der Waals surface area contributed by atoms with Crippen molar-refractivity contribution in [2.45, 2.75) is 26.0 Å². The van der Waals surface area contributed by atoms with Gasteiger partial charge in [-0.3, -0.25) is 4.31 Å². The molecule has 174 valence electrons. The van der Waals surface area contributed by atoms with Gasteiger partial charge < -0.3 is 18.7 Å². The largest absolute Gasteiger partial charge is 0.497 e. The molecule has 0 bridgehead atoms. The van der Waals surface area contributed by atoms with Crippen LogP contribution in [-0.2, 0) is 27.8 Å². The molecule has 10 nitrogen and oxygen atoms in total. The first-order chi connectivity index (χ1) is 15.7. The number of benzene rings is 2. The molecule has 0 amide bonds. The second-order valence-electron chi connectivity index (χ2n) is 7.61. The predicted molar refractivity (Wildman–Crippen MR) is 119 cm³/mol. The molecule has 1 atom stereocenters. The first-order valence-electron chi connectivity index (χ1n) is 10.1. The fourth-order valence-electron chi connectivity index (χ4n) is 3.85. The number of rotatable bonds is 7. The van der Waals surface area contributed by atoms with E-state index in [0.717, 1.165) is 5.56 Å². The molecule has 0 saturated carbocycles. The maximum absolute atomic E-state index is 12.5. The Bertz CT molecular complexity index is 1300. The Morgan fingerprint density at radius 2 is 1.97 bits per heavy atom. The average Bonchev–Trinajstić information content (AvgIpc) is 3.39. The van der Waals surface area contributed by atoms with Gasteiger partial charge in [-0.1, -0.05) is 5.16 Å². The molecule has 2 heterocycles. The molecule has 0 saturated heterocycles. The normalized spacial score (nSPS) is 15.3. The van der Waals surface area contributed by atoms with Gasteiger partial charge in [-0.05, 0) is 49.2 Å². The number of methoxy groups -OCH3 is 2. The predicted octanol–water partition coefficient (Wildman–Crippen LogP) is 2.82. The minimum Gasteiger partial charge on any atom is -0.497 e. The number of carbonyl (C=O) groups excluding carboxylic acids is 1. The minimum absolute atomic E-state index is 0.120. The lowest BCUT2D eigenvalue weighted by atomic mass is 10.1. The maximum atomic E-state index is 12.5. The Balaban J connectivity index is 1.46. The van der Waals surface area contributed by atoms with Gasteiger partial charge in [-0.15, -0.1) is 0 Å². The van der Waals surface area contributed by atoms with E-state index in [1.165, 1.54) is 17.7 Å². The molecule has 11 heteroatoms. The SMILES string of the molecule is COc1ccc(-c2noc(COC(=O)c3ccc4c(c3)CC(C)N4S(C)(=O)=O)n2)c(OC)c1. The number of aromatic nitrogens is 2. The van der Waals surface area contributed by atoms with Crippen molar-refractivity contribution in [2.75, 3.05) is 24.8 Å². The molecule has 0 aliphatic carbocycles. The summed E-state index contributed by atoms with van der Waals surface area (Å²) in [5.74, 6) is 0.957. The van der Waals surface area contributed by atoms with Crippen molar-refractivity contribution in [2.24, 2.45) is 0 Å². The van der Waals surface area contributed by atoms with Gasteiger partial charge in [-0.25, -0.2) is 13.2 Å². The third-order valence-corrected chi connectivity index (χ3v) is 6.54. The van der Waals surface area contributed by atoms with Gasteiger partial charge >= 0.3 is 5.97 Å². The molecule has 33 heavy (non-hydrogen) atoms. The van der Waals surface area contributed by atoms with Crippen LogP contribution in [0.25, 0.3) is 11.4 Å². The Labute approximate surface area is 191 Å². The molecule has 0 fully saturated rings. The molecule has 1 aromatic heterocycles. The molecule has 2 aromatic carbocycles. The fraction of sp³-hybridized carbons (Fsp3) is 0.318. The smallest absolute Gasteiger partial charge is 0.338 e. The molecule has 4 rings (SSSR count). The summed E-state index contributed by atoms with van der Waals surface area (Å²) < 4.78 is 46.5. The van der Waals surface area contributed by atoms with E-state index in [4.69, 9.17) is 18.7 Å². The number of fused-ring (bicyclic) bond motifs is 1. The van der Waals surface area contributed by atoms with Gasteiger partial charge in [0.15, 0.2) is 6.61 Å². The fourth-order valence-corrected chi connectivity index (χ4v) is 5.12. The highest BCUT2D eigenvalue weighted by Gasteiger charge is 2.33. The van der Waals surface area contributed by atoms with Crippen LogP contribution in [0.4, 0.5) is 5.69 Å². The van der Waals surface area contributed by atoms with E-state index < -0.39 is 16.0 Å². The van der Waals surface area contributed by atoms with Crippen molar-refractivity contribution in [3.63, 3.8) is 0 Å². The Kier molecular flexibility index (Phi) is 5.98. The van der Waals surface area contributed by atoms with Crippen molar-refractivity contribution in [3.8, 4) is 22.9 Å². The average molecular weight is 474 g/mol. The summed E-state index contributed by atoms with van der Waals surface area (Å²) in [5.41, 5.74) is 2.27. The van der Waals surface area contributed by atoms with Gasteiger partial charge in [0.1, 0.15) is 11.5 Å². The standard InChI is InChI=1S/C22H23N3O7S/c1-13-9-15-10-14(5-8-18(15)25(13)33(4,27)28)22(26)31-12-20-23-21(24-32-20)17-7-6-16(29-2)11-19(17)30-3/h5-8,10-11,13H,9,12H2,1-4H3. The van der Waals surface area contributed by atoms with Crippen molar-refractivity contribution >= 4 is 21.7 Å². The number of nitrogens with zero attached hydrogens (tertiary/aromatic N) is 3. The highest BCUT2D eigenvalue weighted by molar-refractivity contribution is 7.92. The van der Waals surface area contributed by atoms with Crippen molar-refractivity contribution < 1.29 is 31.9 Å². The number of sulfonamides is 1. The second kappa shape index (κ2) is 8.74. The van der Waals surface area contributed by atoms with Crippen LogP contribution >= 0.6 is 0 Å². The van der Waals surface area contributed by atoms with Gasteiger partial charge in [0.05, 0.1) is 37.3 Å². The van der Waals surface area contributed by atoms with Crippen LogP contribution in [0.5, 0.6) is 11.5 Å². The first kappa shape index (κ1) is 22.6. The zero-order valence-electron chi connectivity index (χ0n) is 18.6. The number of ether oxygens (including phenoxy) is 3. The van der Waals surface area contributed by atoms with Gasteiger partial charge in [0.2, 0.25) is 15.8 Å². The first-order valence-corrected chi connectivity index (χ1v) is 11.9. The topological polar surface area (TPSA) is 121 Å². The van der Waals surface area contributed by atoms with E-state index in [0.29, 0.717) is 34.7 Å². The summed E-state index contributed by atoms with van der Waals surface area (Å²) >= 11 is 0. The lowest BCUT2D eigenvalue weighted by molar-refractivity contribution is 0.0429. The van der Waals surface area contributed by atoms with Crippen LogP contribution < -0.4 is 13.8 Å². The molecule has 0 N–H and O–H groups in total. The van der Waals surface area contributed by atoms with E-state index in [1.54, 1.807) is 43.5 Å². The zero-order valence-corrected chi connectivity index (χ0v) is 19.4. The van der Waals surface area contributed by atoms with Crippen molar-refractivity contribution in [3.05, 3.63) is 53.4 Å². The van der Waals surface area contributed by atoms with E-state index in [9.17, 15) is 13.2 Å². The zero-order chi connectivity index (χ0) is 23.8. The number of hydrogen-bond acceptors (Lipinski definition) is 9. The molecule has 1 unspecified atom stereocenters. The van der Waals surface area contributed by atoms with Crippen LogP contribution in [0.1, 0.15) is 28.7 Å². The minimum atomic E-state index is -3.40. The van der Waals surface area contributed by atoms with Crippen LogP contribution in [-0.4, -0.2) is 51.0 Å². The summed E-state index contributed by atoms with van der Waals surface area (Å²) in [6.45, 7) is 1.61. The quantitative estimate of drug-likeness (QED) is 0.477. The second-order valence-corrected chi connectivity index (χ2v) is 9.47. The summed E-state index contributed by atoms with van der Waals surface area (Å²) in [4.78, 5) is 16.8. The molecule has 1 aliphatic rings. The van der Waals surface area contributed by atoms with Crippen molar-refractivity contribution in [1.29, 1.82) is 0 Å². The van der Waals surface area contributed by atoms with Gasteiger partial charge in [0.25, 0.3) is 5.89 Å². The highest BCUT2D eigenvalue weighted by Crippen LogP contribution is 2.35. The van der Waals surface area contributed by atoms with E-state index >= 15 is 0 Å². The van der Waals surface area contributed by atoms with Crippen LogP contribution in [0.3, 0.4) is 0 Å². The highest BCUT2D eigenvalue weighted by atomic mass is 32.2. The molecule has 1 aliphatic heterocycles. The summed E-state index contributed by atoms with van der Waals surface area (Å²) in [6, 6.07) is 9.78. The maximum Gasteiger partial charge on any atom is 0.338 e. The lowest BCUT2D eigenvalue weighted by Gasteiger charge is -2.21. The third-order valence-electron chi connectivity index (χ3n) is 5.27. The number of hydrogen-bond donors (Lipinski definition) is 0. The van der Waals surface area contributed by atoms with Crippen LogP contribution in [0, 0.1) is 0 Å². The Morgan fingerprint density at radius 1 is 1.18 bits per heavy atom. The number of carbonyl (C=O) groups is 1. The number of esters is 1. The van der Waals surface area contributed by atoms with Crippen molar-refractivity contribution in [1.82, 2.24) is 10.1 Å². The van der Waals surface area contributed by atoms with E-state index in [-0.39, 0.29) is 24.4 Å². The third kappa shape index (κ3) is 4.49. The molecular weight excluding hydrogens is 450 g/mol. The monoisotopic (exact) mass is 473 g/mol. The molecule has 0 spiro atoms. The van der Waals surface area contributed by atoms with Gasteiger partial charge in [0, 0.05) is 12.1 Å². The Hall–Kier alpha value is -3.60. The molecule has 0 radical (unpaired) electrons. The van der Waals surface area contributed by atoms with E-state index in [1.807, 2.05) is 6.92 Å². The Morgan fingerprint density at radius 3 is 2.67 bits per heavy atom. The molecular formula is C22H23N3O7S. The summed E-state index contributed by atoms with van der Waals surface area (Å²) in [5, 5.41) is 3.93.